The van der Waals surface area contributed by atoms with Gasteiger partial charge in [0, 0.05) is 25.2 Å². The van der Waals surface area contributed by atoms with Crippen LogP contribution in [0.2, 0.25) is 0 Å². The van der Waals surface area contributed by atoms with Crippen LogP contribution >= 0.6 is 0 Å². The number of hydrogen-bond acceptors (Lipinski definition) is 6. The number of aromatic nitrogens is 2. The van der Waals surface area contributed by atoms with Crippen LogP contribution in [0, 0.1) is 0 Å². The summed E-state index contributed by atoms with van der Waals surface area (Å²) in [6.45, 7) is 5.32. The van der Waals surface area contributed by atoms with Crippen molar-refractivity contribution in [2.24, 2.45) is 0 Å². The van der Waals surface area contributed by atoms with Crippen molar-refractivity contribution < 1.29 is 14.6 Å². The summed E-state index contributed by atoms with van der Waals surface area (Å²) in [4.78, 5) is 22.7. The molecule has 2 rings (SSSR count). The van der Waals surface area contributed by atoms with E-state index < -0.39 is 12.1 Å². The first-order chi connectivity index (χ1) is 10.0. The fraction of sp³-hybridized carbons (Fsp3) is 0.667. The molecule has 0 spiro atoms. The van der Waals surface area contributed by atoms with Crippen molar-refractivity contribution in [2.75, 3.05) is 13.7 Å². The van der Waals surface area contributed by atoms with E-state index in [9.17, 15) is 9.90 Å². The lowest BCUT2D eigenvalue weighted by Gasteiger charge is -2.35. The van der Waals surface area contributed by atoms with Crippen molar-refractivity contribution in [2.45, 2.75) is 51.3 Å². The predicted molar refractivity (Wildman–Crippen MR) is 77.6 cm³/mol. The quantitative estimate of drug-likeness (QED) is 0.838. The van der Waals surface area contributed by atoms with Crippen LogP contribution in [0.15, 0.2) is 12.3 Å². The normalized spacial score (nSPS) is 23.3. The SMILES string of the molecule is COC(=O)[C@@H]1C[C@H](O)CCN1Cc1ccnc(C(C)C)n1. The summed E-state index contributed by atoms with van der Waals surface area (Å²) < 4.78 is 4.84. The second-order valence-electron chi connectivity index (χ2n) is 5.75. The molecule has 1 aliphatic rings. The highest BCUT2D eigenvalue weighted by atomic mass is 16.5. The van der Waals surface area contributed by atoms with Crippen LogP contribution in [0.4, 0.5) is 0 Å². The molecule has 0 bridgehead atoms. The van der Waals surface area contributed by atoms with Gasteiger partial charge in [-0.25, -0.2) is 9.97 Å². The Morgan fingerprint density at radius 2 is 2.33 bits per heavy atom. The van der Waals surface area contributed by atoms with Crippen molar-refractivity contribution in [3.05, 3.63) is 23.8 Å². The van der Waals surface area contributed by atoms with E-state index in [1.807, 2.05) is 24.8 Å². The van der Waals surface area contributed by atoms with Gasteiger partial charge < -0.3 is 9.84 Å². The van der Waals surface area contributed by atoms with Gasteiger partial charge in [0.15, 0.2) is 0 Å². The number of esters is 1. The monoisotopic (exact) mass is 293 g/mol. The maximum Gasteiger partial charge on any atom is 0.323 e. The highest BCUT2D eigenvalue weighted by molar-refractivity contribution is 5.75. The predicted octanol–water partition coefficient (Wildman–Crippen LogP) is 1.10. The zero-order valence-electron chi connectivity index (χ0n) is 12.8. The topological polar surface area (TPSA) is 75.6 Å². The molecule has 116 valence electrons. The third kappa shape index (κ3) is 3.98. The third-order valence-electron chi connectivity index (χ3n) is 3.77. The van der Waals surface area contributed by atoms with Gasteiger partial charge in [0.25, 0.3) is 0 Å². The van der Waals surface area contributed by atoms with E-state index in [2.05, 4.69) is 9.97 Å². The Morgan fingerprint density at radius 1 is 1.57 bits per heavy atom. The van der Waals surface area contributed by atoms with Crippen LogP contribution in [-0.4, -0.2) is 51.7 Å². The number of methoxy groups -OCH3 is 1. The largest absolute Gasteiger partial charge is 0.468 e. The molecule has 1 aliphatic heterocycles. The molecule has 0 aliphatic carbocycles. The minimum atomic E-state index is -0.443. The molecule has 0 amide bonds. The van der Waals surface area contributed by atoms with Crippen molar-refractivity contribution in [3.63, 3.8) is 0 Å². The van der Waals surface area contributed by atoms with Gasteiger partial charge in [-0.05, 0) is 18.9 Å². The van der Waals surface area contributed by atoms with Crippen LogP contribution in [-0.2, 0) is 16.1 Å². The first kappa shape index (κ1) is 15.9. The summed E-state index contributed by atoms with van der Waals surface area (Å²) in [5, 5.41) is 9.76. The fourth-order valence-corrected chi connectivity index (χ4v) is 2.55. The van der Waals surface area contributed by atoms with Gasteiger partial charge in [-0.3, -0.25) is 9.69 Å². The smallest absolute Gasteiger partial charge is 0.323 e. The summed E-state index contributed by atoms with van der Waals surface area (Å²) in [7, 11) is 1.38. The highest BCUT2D eigenvalue weighted by Gasteiger charge is 2.33. The Balaban J connectivity index is 2.12. The lowest BCUT2D eigenvalue weighted by molar-refractivity contribution is -0.150. The van der Waals surface area contributed by atoms with E-state index >= 15 is 0 Å². The van der Waals surface area contributed by atoms with Crippen LogP contribution in [0.5, 0.6) is 0 Å². The van der Waals surface area contributed by atoms with E-state index in [1.54, 1.807) is 6.20 Å². The molecule has 0 saturated carbocycles. The number of aliphatic hydroxyl groups excluding tert-OH is 1. The molecule has 2 heterocycles. The number of carbonyl (C=O) groups is 1. The van der Waals surface area contributed by atoms with Gasteiger partial charge in [0.05, 0.1) is 18.9 Å². The fourth-order valence-electron chi connectivity index (χ4n) is 2.55. The standard InChI is InChI=1S/C15H23N3O3/c1-10(2)14-16-6-4-11(17-14)9-18-7-5-12(19)8-13(18)15(20)21-3/h4,6,10,12-13,19H,5,7-9H2,1-3H3/t12-,13+/m1/s1. The van der Waals surface area contributed by atoms with Gasteiger partial charge >= 0.3 is 5.97 Å². The van der Waals surface area contributed by atoms with Crippen LogP contribution in [0.3, 0.4) is 0 Å². The minimum absolute atomic E-state index is 0.268. The van der Waals surface area contributed by atoms with Crippen molar-refractivity contribution in [3.8, 4) is 0 Å². The van der Waals surface area contributed by atoms with Crippen molar-refractivity contribution in [1.29, 1.82) is 0 Å². The highest BCUT2D eigenvalue weighted by Crippen LogP contribution is 2.21. The molecule has 1 fully saturated rings. The number of likely N-dealkylation sites (tertiary alicyclic amines) is 1. The average molecular weight is 293 g/mol. The van der Waals surface area contributed by atoms with E-state index in [4.69, 9.17) is 4.74 Å². The summed E-state index contributed by atoms with van der Waals surface area (Å²) >= 11 is 0. The second-order valence-corrected chi connectivity index (χ2v) is 5.75. The number of carbonyl (C=O) groups excluding carboxylic acids is 1. The molecule has 1 aromatic rings. The number of nitrogens with zero attached hydrogens (tertiary/aromatic N) is 3. The average Bonchev–Trinajstić information content (AvgIpc) is 2.48. The zero-order chi connectivity index (χ0) is 15.4. The van der Waals surface area contributed by atoms with Crippen LogP contribution in [0.25, 0.3) is 0 Å². The summed E-state index contributed by atoms with van der Waals surface area (Å²) in [6, 6.07) is 1.46. The molecule has 1 saturated heterocycles. The Kier molecular flexibility index (Phi) is 5.25. The van der Waals surface area contributed by atoms with Gasteiger partial charge in [-0.2, -0.15) is 0 Å². The number of hydrogen-bond donors (Lipinski definition) is 1. The lowest BCUT2D eigenvalue weighted by atomic mass is 9.99. The second kappa shape index (κ2) is 6.95. The molecule has 6 heteroatoms. The Bertz CT molecular complexity index is 493. The maximum atomic E-state index is 11.9. The molecule has 0 aromatic carbocycles. The Morgan fingerprint density at radius 3 is 3.00 bits per heavy atom. The summed E-state index contributed by atoms with van der Waals surface area (Å²) in [5.74, 6) is 0.774. The lowest BCUT2D eigenvalue weighted by Crippen LogP contribution is -2.48. The Hall–Kier alpha value is -1.53. The van der Waals surface area contributed by atoms with Crippen molar-refractivity contribution >= 4 is 5.97 Å². The van der Waals surface area contributed by atoms with E-state index in [0.717, 1.165) is 11.5 Å². The van der Waals surface area contributed by atoms with E-state index in [-0.39, 0.29) is 11.9 Å². The number of aliphatic hydroxyl groups is 1. The minimum Gasteiger partial charge on any atom is -0.468 e. The molecular formula is C15H23N3O3. The first-order valence-electron chi connectivity index (χ1n) is 7.33. The molecule has 1 aromatic heterocycles. The molecule has 2 atom stereocenters. The first-order valence-corrected chi connectivity index (χ1v) is 7.33. The van der Waals surface area contributed by atoms with Crippen LogP contribution < -0.4 is 0 Å². The summed E-state index contributed by atoms with van der Waals surface area (Å²) in [5.41, 5.74) is 0.888. The molecule has 0 radical (unpaired) electrons. The van der Waals surface area contributed by atoms with Crippen molar-refractivity contribution in [1.82, 2.24) is 14.9 Å². The molecule has 1 N–H and O–H groups in total. The molecule has 21 heavy (non-hydrogen) atoms. The zero-order valence-corrected chi connectivity index (χ0v) is 12.8. The number of ether oxygens (including phenoxy) is 1. The van der Waals surface area contributed by atoms with Gasteiger partial charge in [-0.15, -0.1) is 0 Å². The van der Waals surface area contributed by atoms with Gasteiger partial charge in [-0.1, -0.05) is 13.8 Å². The maximum absolute atomic E-state index is 11.9. The number of rotatable bonds is 4. The molecule has 6 nitrogen and oxygen atoms in total. The summed E-state index contributed by atoms with van der Waals surface area (Å²) in [6.07, 6.45) is 2.38. The van der Waals surface area contributed by atoms with Crippen LogP contribution in [0.1, 0.15) is 44.1 Å². The van der Waals surface area contributed by atoms with E-state index in [0.29, 0.717) is 25.9 Å². The Labute approximate surface area is 125 Å². The van der Waals surface area contributed by atoms with E-state index in [1.165, 1.54) is 7.11 Å². The van der Waals surface area contributed by atoms with Gasteiger partial charge in [0.1, 0.15) is 11.9 Å². The molecular weight excluding hydrogens is 270 g/mol. The molecule has 0 unspecified atom stereocenters. The third-order valence-corrected chi connectivity index (χ3v) is 3.77. The number of piperidine rings is 1. The van der Waals surface area contributed by atoms with Gasteiger partial charge in [0.2, 0.25) is 0 Å².